The van der Waals surface area contributed by atoms with Crippen LogP contribution in [0.4, 0.5) is 13.2 Å². The average molecular weight is 284 g/mol. The molecule has 1 aromatic carbocycles. The van der Waals surface area contributed by atoms with Gasteiger partial charge in [-0.15, -0.1) is 0 Å². The standard InChI is InChI=1S/C14H15F3N2O/c1-20-12-3-2-10-4-5-13(8-18,7-11(10)6-12)19-9-14(15,16)17/h2-3,6,19H,4-5,7,9H2,1H3. The minimum atomic E-state index is -4.32. The second kappa shape index (κ2) is 5.33. The molecule has 0 heterocycles. The Kier molecular flexibility index (Phi) is 3.91. The lowest BCUT2D eigenvalue weighted by Gasteiger charge is -2.33. The van der Waals surface area contributed by atoms with E-state index in [1.165, 1.54) is 7.11 Å². The first kappa shape index (κ1) is 14.7. The van der Waals surface area contributed by atoms with Crippen LogP contribution in [0.3, 0.4) is 0 Å². The topological polar surface area (TPSA) is 45.0 Å². The average Bonchev–Trinajstić information content (AvgIpc) is 2.43. The lowest BCUT2D eigenvalue weighted by atomic mass is 9.78. The minimum absolute atomic E-state index is 0.256. The van der Waals surface area contributed by atoms with Gasteiger partial charge in [0.25, 0.3) is 0 Å². The van der Waals surface area contributed by atoms with Crippen molar-refractivity contribution in [2.75, 3.05) is 13.7 Å². The molecule has 2 rings (SSSR count). The van der Waals surface area contributed by atoms with E-state index in [1.807, 2.05) is 18.2 Å². The molecule has 0 saturated carbocycles. The smallest absolute Gasteiger partial charge is 0.401 e. The van der Waals surface area contributed by atoms with Crippen LogP contribution < -0.4 is 10.1 Å². The molecule has 0 aliphatic heterocycles. The lowest BCUT2D eigenvalue weighted by molar-refractivity contribution is -0.127. The van der Waals surface area contributed by atoms with Gasteiger partial charge in [0.1, 0.15) is 11.3 Å². The minimum Gasteiger partial charge on any atom is -0.497 e. The quantitative estimate of drug-likeness (QED) is 0.928. The molecular weight excluding hydrogens is 269 g/mol. The normalized spacial score (nSPS) is 21.9. The highest BCUT2D eigenvalue weighted by molar-refractivity contribution is 5.40. The van der Waals surface area contributed by atoms with Crippen LogP contribution in [-0.2, 0) is 12.8 Å². The van der Waals surface area contributed by atoms with Gasteiger partial charge in [0, 0.05) is 6.42 Å². The number of fused-ring (bicyclic) bond motifs is 1. The van der Waals surface area contributed by atoms with Crippen molar-refractivity contribution in [3.63, 3.8) is 0 Å². The summed E-state index contributed by atoms with van der Waals surface area (Å²) >= 11 is 0. The molecule has 1 unspecified atom stereocenters. The molecule has 0 radical (unpaired) electrons. The summed E-state index contributed by atoms with van der Waals surface area (Å²) in [5.41, 5.74) is 0.770. The maximum atomic E-state index is 12.3. The molecule has 1 atom stereocenters. The van der Waals surface area contributed by atoms with Crippen LogP contribution >= 0.6 is 0 Å². The molecule has 20 heavy (non-hydrogen) atoms. The zero-order valence-corrected chi connectivity index (χ0v) is 11.0. The maximum absolute atomic E-state index is 12.3. The van der Waals surface area contributed by atoms with Crippen LogP contribution in [0.5, 0.6) is 5.75 Å². The molecule has 1 aliphatic rings. The van der Waals surface area contributed by atoms with Gasteiger partial charge in [-0.2, -0.15) is 18.4 Å². The molecule has 0 fully saturated rings. The number of benzene rings is 1. The van der Waals surface area contributed by atoms with Crippen LogP contribution in [0.1, 0.15) is 17.5 Å². The third-order valence-electron chi connectivity index (χ3n) is 3.57. The van der Waals surface area contributed by atoms with Gasteiger partial charge in [-0.3, -0.25) is 5.32 Å². The van der Waals surface area contributed by atoms with Crippen LogP contribution in [0.15, 0.2) is 18.2 Å². The number of methoxy groups -OCH3 is 1. The molecule has 0 aromatic heterocycles. The van der Waals surface area contributed by atoms with Gasteiger partial charge in [-0.25, -0.2) is 0 Å². The second-order valence-electron chi connectivity index (χ2n) is 4.97. The lowest BCUT2D eigenvalue weighted by Crippen LogP contribution is -2.51. The van der Waals surface area contributed by atoms with E-state index in [0.29, 0.717) is 18.6 Å². The van der Waals surface area contributed by atoms with Gasteiger partial charge < -0.3 is 4.74 Å². The summed E-state index contributed by atoms with van der Waals surface area (Å²) in [7, 11) is 1.53. The number of ether oxygens (including phenoxy) is 1. The zero-order valence-electron chi connectivity index (χ0n) is 11.0. The molecule has 0 spiro atoms. The summed E-state index contributed by atoms with van der Waals surface area (Å²) in [6.07, 6.45) is -3.11. The first-order chi connectivity index (χ1) is 9.37. The summed E-state index contributed by atoms with van der Waals surface area (Å²) < 4.78 is 42.1. The zero-order chi connectivity index (χ0) is 14.8. The Morgan fingerprint density at radius 2 is 2.15 bits per heavy atom. The Morgan fingerprint density at radius 3 is 2.75 bits per heavy atom. The number of hydrogen-bond donors (Lipinski definition) is 1. The van der Waals surface area contributed by atoms with Gasteiger partial charge in [0.15, 0.2) is 0 Å². The molecule has 0 amide bonds. The Bertz CT molecular complexity index is 536. The molecule has 6 heteroatoms. The van der Waals surface area contributed by atoms with Gasteiger partial charge in [0.2, 0.25) is 0 Å². The van der Waals surface area contributed by atoms with E-state index < -0.39 is 18.3 Å². The number of nitriles is 1. The highest BCUT2D eigenvalue weighted by Crippen LogP contribution is 2.31. The summed E-state index contributed by atoms with van der Waals surface area (Å²) in [4.78, 5) is 0. The number of aryl methyl sites for hydroxylation is 1. The van der Waals surface area contributed by atoms with Crippen molar-refractivity contribution >= 4 is 0 Å². The highest BCUT2D eigenvalue weighted by atomic mass is 19.4. The Hall–Kier alpha value is -1.74. The van der Waals surface area contributed by atoms with Crippen LogP contribution in [-0.4, -0.2) is 25.4 Å². The summed E-state index contributed by atoms with van der Waals surface area (Å²) in [5.74, 6) is 0.647. The van der Waals surface area contributed by atoms with Crippen molar-refractivity contribution in [3.05, 3.63) is 29.3 Å². The number of nitrogens with one attached hydrogen (secondary N) is 1. The highest BCUT2D eigenvalue weighted by Gasteiger charge is 2.38. The molecule has 0 bridgehead atoms. The number of hydrogen-bond acceptors (Lipinski definition) is 3. The molecule has 1 aromatic rings. The monoisotopic (exact) mass is 284 g/mol. The van der Waals surface area contributed by atoms with E-state index in [2.05, 4.69) is 5.32 Å². The maximum Gasteiger partial charge on any atom is 0.401 e. The van der Waals surface area contributed by atoms with Gasteiger partial charge in [0.05, 0.1) is 19.7 Å². The first-order valence-electron chi connectivity index (χ1n) is 6.26. The third-order valence-corrected chi connectivity index (χ3v) is 3.57. The fourth-order valence-electron chi connectivity index (χ4n) is 2.45. The largest absolute Gasteiger partial charge is 0.497 e. The van der Waals surface area contributed by atoms with Crippen LogP contribution in [0.25, 0.3) is 0 Å². The predicted molar refractivity (Wildman–Crippen MR) is 67.4 cm³/mol. The fraction of sp³-hybridized carbons (Fsp3) is 0.500. The van der Waals surface area contributed by atoms with Gasteiger partial charge >= 0.3 is 6.18 Å². The Balaban J connectivity index is 2.20. The van der Waals surface area contributed by atoms with E-state index in [0.717, 1.165) is 11.1 Å². The Morgan fingerprint density at radius 1 is 1.40 bits per heavy atom. The van der Waals surface area contributed by atoms with Crippen molar-refractivity contribution < 1.29 is 17.9 Å². The van der Waals surface area contributed by atoms with Gasteiger partial charge in [-0.1, -0.05) is 6.07 Å². The summed E-state index contributed by atoms with van der Waals surface area (Å²) in [6.45, 7) is -1.15. The van der Waals surface area contributed by atoms with Gasteiger partial charge in [-0.05, 0) is 36.1 Å². The molecule has 1 N–H and O–H groups in total. The van der Waals surface area contributed by atoms with Crippen molar-refractivity contribution in [1.82, 2.24) is 5.32 Å². The Labute approximate surface area is 115 Å². The molecule has 0 saturated heterocycles. The van der Waals surface area contributed by atoms with Crippen molar-refractivity contribution in [3.8, 4) is 11.8 Å². The molecule has 3 nitrogen and oxygen atoms in total. The fourth-order valence-corrected chi connectivity index (χ4v) is 2.45. The van der Waals surface area contributed by atoms with E-state index in [4.69, 9.17) is 4.74 Å². The molecular formula is C14H15F3N2O. The van der Waals surface area contributed by atoms with Crippen LogP contribution in [0, 0.1) is 11.3 Å². The third kappa shape index (κ3) is 3.23. The summed E-state index contributed by atoms with van der Waals surface area (Å²) in [5, 5.41) is 11.7. The van der Waals surface area contributed by atoms with E-state index >= 15 is 0 Å². The number of rotatable bonds is 3. The molecule has 108 valence electrons. The number of alkyl halides is 3. The van der Waals surface area contributed by atoms with Crippen molar-refractivity contribution in [1.29, 1.82) is 5.26 Å². The van der Waals surface area contributed by atoms with E-state index in [9.17, 15) is 18.4 Å². The second-order valence-corrected chi connectivity index (χ2v) is 4.97. The van der Waals surface area contributed by atoms with Crippen LogP contribution in [0.2, 0.25) is 0 Å². The predicted octanol–water partition coefficient (Wildman–Crippen LogP) is 2.60. The summed E-state index contributed by atoms with van der Waals surface area (Å²) in [6, 6.07) is 7.53. The van der Waals surface area contributed by atoms with E-state index in [1.54, 1.807) is 6.07 Å². The van der Waals surface area contributed by atoms with Crippen molar-refractivity contribution in [2.24, 2.45) is 0 Å². The number of halogens is 3. The van der Waals surface area contributed by atoms with E-state index in [-0.39, 0.29) is 6.42 Å². The first-order valence-corrected chi connectivity index (χ1v) is 6.26. The molecule has 1 aliphatic carbocycles. The number of nitrogens with zero attached hydrogens (tertiary/aromatic N) is 1. The van der Waals surface area contributed by atoms with Crippen molar-refractivity contribution in [2.45, 2.75) is 31.0 Å². The SMILES string of the molecule is COc1ccc2c(c1)CC(C#N)(NCC(F)(F)F)CC2.